The van der Waals surface area contributed by atoms with Crippen LogP contribution in [0.15, 0.2) is 29.3 Å². The van der Waals surface area contributed by atoms with Crippen LogP contribution in [0.2, 0.25) is 0 Å². The quantitative estimate of drug-likeness (QED) is 0.415. The predicted octanol–water partition coefficient (Wildman–Crippen LogP) is 1.84. The molecular formula is C17H30N4O. The molecule has 124 valence electrons. The summed E-state index contributed by atoms with van der Waals surface area (Å²) < 4.78 is 5.05. The summed E-state index contributed by atoms with van der Waals surface area (Å²) in [5.74, 6) is 0.829. The van der Waals surface area contributed by atoms with Gasteiger partial charge in [0, 0.05) is 26.7 Å². The minimum absolute atomic E-state index is 0.670. The summed E-state index contributed by atoms with van der Waals surface area (Å²) in [4.78, 5) is 6.91. The van der Waals surface area contributed by atoms with Gasteiger partial charge in [-0.1, -0.05) is 31.2 Å². The monoisotopic (exact) mass is 306 g/mol. The molecule has 0 bridgehead atoms. The smallest absolute Gasteiger partial charge is 0.191 e. The lowest BCUT2D eigenvalue weighted by molar-refractivity contribution is 0.203. The molecule has 0 amide bonds. The fraction of sp³-hybridized carbons (Fsp3) is 0.588. The van der Waals surface area contributed by atoms with Gasteiger partial charge in [-0.2, -0.15) is 0 Å². The highest BCUT2D eigenvalue weighted by molar-refractivity contribution is 5.79. The maximum absolute atomic E-state index is 5.05. The van der Waals surface area contributed by atoms with Gasteiger partial charge in [0.25, 0.3) is 0 Å². The zero-order valence-electron chi connectivity index (χ0n) is 14.4. The second-order valence-electron chi connectivity index (χ2n) is 5.27. The summed E-state index contributed by atoms with van der Waals surface area (Å²) in [6.45, 7) is 9.20. The van der Waals surface area contributed by atoms with Gasteiger partial charge in [-0.05, 0) is 31.6 Å². The number of guanidine groups is 1. The van der Waals surface area contributed by atoms with Crippen LogP contribution >= 0.6 is 0 Å². The number of rotatable bonds is 9. The van der Waals surface area contributed by atoms with Crippen molar-refractivity contribution in [1.82, 2.24) is 15.5 Å². The summed E-state index contributed by atoms with van der Waals surface area (Å²) >= 11 is 0. The van der Waals surface area contributed by atoms with Crippen molar-refractivity contribution in [2.24, 2.45) is 4.99 Å². The van der Waals surface area contributed by atoms with Gasteiger partial charge in [-0.3, -0.25) is 0 Å². The van der Waals surface area contributed by atoms with Crippen LogP contribution in [0, 0.1) is 0 Å². The Morgan fingerprint density at radius 2 is 2.00 bits per heavy atom. The first-order valence-electron chi connectivity index (χ1n) is 7.97. The van der Waals surface area contributed by atoms with Crippen molar-refractivity contribution in [2.75, 3.05) is 40.4 Å². The average molecular weight is 306 g/mol. The molecule has 0 spiro atoms. The summed E-state index contributed by atoms with van der Waals surface area (Å²) in [5, 5.41) is 6.50. The molecule has 0 aliphatic rings. The number of ether oxygens (including phenoxy) is 1. The molecule has 22 heavy (non-hydrogen) atoms. The van der Waals surface area contributed by atoms with Gasteiger partial charge in [0.15, 0.2) is 5.96 Å². The van der Waals surface area contributed by atoms with Crippen LogP contribution in [0.1, 0.15) is 25.0 Å². The first-order valence-corrected chi connectivity index (χ1v) is 7.97. The molecule has 0 saturated heterocycles. The van der Waals surface area contributed by atoms with Crippen LogP contribution in [-0.2, 0) is 17.8 Å². The standard InChI is InChI=1S/C17H30N4O/c1-5-18-17(19-10-11-22-4)20-13-15-8-7-9-16(12-15)14-21(3)6-2/h7-9,12H,5-6,10-11,13-14H2,1-4H3,(H2,18,19,20). The number of hydrogen-bond acceptors (Lipinski definition) is 3. The van der Waals surface area contributed by atoms with Crippen molar-refractivity contribution in [3.8, 4) is 0 Å². The lowest BCUT2D eigenvalue weighted by Crippen LogP contribution is -2.38. The summed E-state index contributed by atoms with van der Waals surface area (Å²) in [7, 11) is 3.83. The SMILES string of the molecule is CCNC(=NCc1cccc(CN(C)CC)c1)NCCOC. The van der Waals surface area contributed by atoms with Gasteiger partial charge in [-0.25, -0.2) is 4.99 Å². The third-order valence-electron chi connectivity index (χ3n) is 3.35. The van der Waals surface area contributed by atoms with Crippen molar-refractivity contribution < 1.29 is 4.74 Å². The van der Waals surface area contributed by atoms with E-state index in [1.165, 1.54) is 11.1 Å². The summed E-state index contributed by atoms with van der Waals surface area (Å²) in [5.41, 5.74) is 2.56. The lowest BCUT2D eigenvalue weighted by atomic mass is 10.1. The van der Waals surface area contributed by atoms with Crippen LogP contribution in [0.5, 0.6) is 0 Å². The molecule has 0 fully saturated rings. The molecule has 5 nitrogen and oxygen atoms in total. The van der Waals surface area contributed by atoms with E-state index in [9.17, 15) is 0 Å². The number of nitrogens with zero attached hydrogens (tertiary/aromatic N) is 2. The Bertz CT molecular complexity index is 448. The van der Waals surface area contributed by atoms with Gasteiger partial charge in [-0.15, -0.1) is 0 Å². The molecule has 0 heterocycles. The largest absolute Gasteiger partial charge is 0.383 e. The van der Waals surface area contributed by atoms with Crippen LogP contribution in [0.4, 0.5) is 0 Å². The molecule has 0 unspecified atom stereocenters. The lowest BCUT2D eigenvalue weighted by Gasteiger charge is -2.14. The number of methoxy groups -OCH3 is 1. The minimum Gasteiger partial charge on any atom is -0.383 e. The third-order valence-corrected chi connectivity index (χ3v) is 3.35. The normalized spacial score (nSPS) is 11.8. The topological polar surface area (TPSA) is 48.9 Å². The van der Waals surface area contributed by atoms with E-state index in [4.69, 9.17) is 4.74 Å². The Hall–Kier alpha value is -1.59. The molecule has 0 aromatic heterocycles. The van der Waals surface area contributed by atoms with Crippen LogP contribution in [-0.4, -0.2) is 51.3 Å². The molecule has 1 aromatic rings. The Labute approximate surface area is 134 Å². The summed E-state index contributed by atoms with van der Waals surface area (Å²) in [6, 6.07) is 8.63. The van der Waals surface area contributed by atoms with E-state index in [2.05, 4.69) is 65.7 Å². The Kier molecular flexibility index (Phi) is 9.26. The molecule has 5 heteroatoms. The molecule has 0 atom stereocenters. The van der Waals surface area contributed by atoms with Gasteiger partial charge in [0.1, 0.15) is 0 Å². The Balaban J connectivity index is 2.62. The highest BCUT2D eigenvalue weighted by Gasteiger charge is 2.01. The minimum atomic E-state index is 0.670. The maximum atomic E-state index is 5.05. The van der Waals surface area contributed by atoms with Crippen molar-refractivity contribution >= 4 is 5.96 Å². The van der Waals surface area contributed by atoms with E-state index in [1.54, 1.807) is 7.11 Å². The van der Waals surface area contributed by atoms with E-state index in [0.717, 1.165) is 32.1 Å². The van der Waals surface area contributed by atoms with Gasteiger partial charge in [0.2, 0.25) is 0 Å². The van der Waals surface area contributed by atoms with E-state index in [1.807, 2.05) is 0 Å². The average Bonchev–Trinajstić information content (AvgIpc) is 2.53. The van der Waals surface area contributed by atoms with E-state index in [0.29, 0.717) is 13.2 Å². The first-order chi connectivity index (χ1) is 10.7. The molecule has 1 rings (SSSR count). The Morgan fingerprint density at radius 3 is 2.68 bits per heavy atom. The second-order valence-corrected chi connectivity index (χ2v) is 5.27. The number of nitrogens with one attached hydrogen (secondary N) is 2. The molecular weight excluding hydrogens is 276 g/mol. The molecule has 0 saturated carbocycles. The molecule has 1 aromatic carbocycles. The van der Waals surface area contributed by atoms with Gasteiger partial charge in [0.05, 0.1) is 13.2 Å². The third kappa shape index (κ3) is 7.43. The Morgan fingerprint density at radius 1 is 1.23 bits per heavy atom. The van der Waals surface area contributed by atoms with E-state index in [-0.39, 0.29) is 0 Å². The number of hydrogen-bond donors (Lipinski definition) is 2. The van der Waals surface area contributed by atoms with Gasteiger partial charge < -0.3 is 20.3 Å². The maximum Gasteiger partial charge on any atom is 0.191 e. The molecule has 0 radical (unpaired) electrons. The predicted molar refractivity (Wildman–Crippen MR) is 93.1 cm³/mol. The van der Waals surface area contributed by atoms with Crippen LogP contribution < -0.4 is 10.6 Å². The van der Waals surface area contributed by atoms with Crippen LogP contribution in [0.25, 0.3) is 0 Å². The van der Waals surface area contributed by atoms with Gasteiger partial charge >= 0.3 is 0 Å². The first kappa shape index (κ1) is 18.5. The highest BCUT2D eigenvalue weighted by atomic mass is 16.5. The van der Waals surface area contributed by atoms with Crippen molar-refractivity contribution in [1.29, 1.82) is 0 Å². The highest BCUT2D eigenvalue weighted by Crippen LogP contribution is 2.08. The van der Waals surface area contributed by atoms with Crippen molar-refractivity contribution in [2.45, 2.75) is 26.9 Å². The van der Waals surface area contributed by atoms with E-state index >= 15 is 0 Å². The van der Waals surface area contributed by atoms with Crippen LogP contribution in [0.3, 0.4) is 0 Å². The number of benzene rings is 1. The van der Waals surface area contributed by atoms with Crippen molar-refractivity contribution in [3.63, 3.8) is 0 Å². The summed E-state index contributed by atoms with van der Waals surface area (Å²) in [6.07, 6.45) is 0. The molecule has 0 aliphatic heterocycles. The van der Waals surface area contributed by atoms with E-state index < -0.39 is 0 Å². The zero-order valence-corrected chi connectivity index (χ0v) is 14.4. The zero-order chi connectivity index (χ0) is 16.2. The molecule has 0 aliphatic carbocycles. The number of aliphatic imine (C=N–C) groups is 1. The fourth-order valence-electron chi connectivity index (χ4n) is 2.03. The fourth-order valence-corrected chi connectivity index (χ4v) is 2.03. The van der Waals surface area contributed by atoms with Crippen molar-refractivity contribution in [3.05, 3.63) is 35.4 Å². The second kappa shape index (κ2) is 11.0. The molecule has 2 N–H and O–H groups in total.